The Morgan fingerprint density at radius 3 is 2.55 bits per heavy atom. The van der Waals surface area contributed by atoms with E-state index in [1.54, 1.807) is 12.1 Å². The molecule has 0 spiro atoms. The van der Waals surface area contributed by atoms with Crippen molar-refractivity contribution in [2.24, 2.45) is 0 Å². The number of halogens is 2. The Labute approximate surface area is 122 Å². The van der Waals surface area contributed by atoms with E-state index in [0.29, 0.717) is 17.2 Å². The largest absolute Gasteiger partial charge is 0.368 e. The monoisotopic (exact) mass is 294 g/mol. The third-order valence-electron chi connectivity index (χ3n) is 2.75. The average molecular weight is 295 g/mol. The molecule has 0 amide bonds. The summed E-state index contributed by atoms with van der Waals surface area (Å²) in [6.07, 6.45) is 0.224. The minimum absolute atomic E-state index is 0.0839. The minimum Gasteiger partial charge on any atom is -0.368 e. The van der Waals surface area contributed by atoms with Gasteiger partial charge in [-0.25, -0.2) is 9.37 Å². The Balaban J connectivity index is 2.39. The molecule has 0 atom stereocenters. The van der Waals surface area contributed by atoms with Gasteiger partial charge in [0.25, 0.3) is 0 Å². The van der Waals surface area contributed by atoms with Gasteiger partial charge in [0.05, 0.1) is 5.02 Å². The van der Waals surface area contributed by atoms with Crippen LogP contribution in [0.3, 0.4) is 0 Å². The molecule has 106 valence electrons. The predicted molar refractivity (Wildman–Crippen MR) is 77.2 cm³/mol. The van der Waals surface area contributed by atoms with Crippen molar-refractivity contribution in [1.82, 2.24) is 15.0 Å². The second kappa shape index (κ2) is 5.32. The molecule has 0 aliphatic carbocycles. The first kappa shape index (κ1) is 14.7. The number of aromatic nitrogens is 3. The third-order valence-corrected chi connectivity index (χ3v) is 3.04. The summed E-state index contributed by atoms with van der Waals surface area (Å²) < 4.78 is 13.9. The lowest BCUT2D eigenvalue weighted by Crippen LogP contribution is -2.19. The molecule has 2 rings (SSSR count). The van der Waals surface area contributed by atoms with Crippen LogP contribution in [-0.2, 0) is 11.8 Å². The van der Waals surface area contributed by atoms with Crippen LogP contribution in [0, 0.1) is 5.82 Å². The Morgan fingerprint density at radius 1 is 1.20 bits per heavy atom. The molecule has 1 heterocycles. The number of nitrogen functional groups attached to an aromatic ring is 1. The highest BCUT2D eigenvalue weighted by Gasteiger charge is 2.20. The fraction of sp³-hybridized carbons (Fsp3) is 0.357. The zero-order chi connectivity index (χ0) is 14.9. The maximum absolute atomic E-state index is 13.9. The van der Waals surface area contributed by atoms with Crippen LogP contribution in [0.2, 0.25) is 5.02 Å². The van der Waals surface area contributed by atoms with Crippen LogP contribution < -0.4 is 5.73 Å². The summed E-state index contributed by atoms with van der Waals surface area (Å²) in [5.41, 5.74) is 5.88. The average Bonchev–Trinajstić information content (AvgIpc) is 2.33. The number of hydrogen-bond donors (Lipinski definition) is 1. The first-order valence-electron chi connectivity index (χ1n) is 6.21. The smallest absolute Gasteiger partial charge is 0.223 e. The number of anilines is 1. The van der Waals surface area contributed by atoms with Crippen LogP contribution in [0.25, 0.3) is 0 Å². The summed E-state index contributed by atoms with van der Waals surface area (Å²) in [6.45, 7) is 5.93. The molecule has 0 saturated heterocycles. The van der Waals surface area contributed by atoms with E-state index in [2.05, 4.69) is 15.0 Å². The van der Waals surface area contributed by atoms with Crippen molar-refractivity contribution in [3.63, 3.8) is 0 Å². The van der Waals surface area contributed by atoms with Crippen molar-refractivity contribution in [2.45, 2.75) is 32.6 Å². The van der Waals surface area contributed by atoms with E-state index in [1.807, 2.05) is 20.8 Å². The minimum atomic E-state index is -0.453. The standard InChI is InChI=1S/C14H16ClFN4/c1-14(2,3)12-18-10(19-13(17)20-12)7-8-5-4-6-9(15)11(8)16/h4-6H,7H2,1-3H3,(H2,17,18,19,20). The molecular weight excluding hydrogens is 279 g/mol. The normalized spacial score (nSPS) is 11.7. The van der Waals surface area contributed by atoms with Gasteiger partial charge in [-0.1, -0.05) is 44.5 Å². The first-order valence-corrected chi connectivity index (χ1v) is 6.59. The fourth-order valence-electron chi connectivity index (χ4n) is 1.71. The molecule has 0 unspecified atom stereocenters. The van der Waals surface area contributed by atoms with Gasteiger partial charge in [0.1, 0.15) is 17.5 Å². The maximum atomic E-state index is 13.9. The van der Waals surface area contributed by atoms with E-state index in [-0.39, 0.29) is 22.8 Å². The zero-order valence-corrected chi connectivity index (χ0v) is 12.4. The summed E-state index contributed by atoms with van der Waals surface area (Å²) in [5.74, 6) is 0.707. The summed E-state index contributed by atoms with van der Waals surface area (Å²) in [4.78, 5) is 12.5. The number of rotatable bonds is 2. The van der Waals surface area contributed by atoms with E-state index in [1.165, 1.54) is 6.07 Å². The van der Waals surface area contributed by atoms with Crippen molar-refractivity contribution >= 4 is 17.5 Å². The van der Waals surface area contributed by atoms with Crippen LogP contribution in [0.4, 0.5) is 10.3 Å². The molecule has 1 aromatic carbocycles. The fourth-order valence-corrected chi connectivity index (χ4v) is 1.90. The zero-order valence-electron chi connectivity index (χ0n) is 11.6. The predicted octanol–water partition coefficient (Wildman–Crippen LogP) is 3.13. The molecule has 20 heavy (non-hydrogen) atoms. The molecule has 0 saturated carbocycles. The van der Waals surface area contributed by atoms with Gasteiger partial charge in [-0.15, -0.1) is 0 Å². The molecule has 4 nitrogen and oxygen atoms in total. The number of hydrogen-bond acceptors (Lipinski definition) is 4. The highest BCUT2D eigenvalue weighted by Crippen LogP contribution is 2.22. The van der Waals surface area contributed by atoms with E-state index >= 15 is 0 Å². The van der Waals surface area contributed by atoms with E-state index < -0.39 is 5.82 Å². The molecule has 2 aromatic rings. The lowest BCUT2D eigenvalue weighted by molar-refractivity contribution is 0.537. The maximum Gasteiger partial charge on any atom is 0.223 e. The molecule has 0 aliphatic heterocycles. The van der Waals surface area contributed by atoms with Gasteiger partial charge in [-0.2, -0.15) is 9.97 Å². The molecule has 6 heteroatoms. The molecule has 1 aromatic heterocycles. The van der Waals surface area contributed by atoms with Crippen molar-refractivity contribution in [3.8, 4) is 0 Å². The van der Waals surface area contributed by atoms with Crippen LogP contribution in [-0.4, -0.2) is 15.0 Å². The summed E-state index contributed by atoms with van der Waals surface area (Å²) in [7, 11) is 0. The van der Waals surface area contributed by atoms with Crippen molar-refractivity contribution in [2.75, 3.05) is 5.73 Å². The van der Waals surface area contributed by atoms with Crippen LogP contribution in [0.15, 0.2) is 18.2 Å². The summed E-state index contributed by atoms with van der Waals surface area (Å²) in [6, 6.07) is 4.84. The molecule has 0 radical (unpaired) electrons. The second-order valence-electron chi connectivity index (χ2n) is 5.57. The SMILES string of the molecule is CC(C)(C)c1nc(N)nc(Cc2cccc(Cl)c2F)n1. The van der Waals surface area contributed by atoms with Gasteiger partial charge in [0.15, 0.2) is 0 Å². The topological polar surface area (TPSA) is 64.7 Å². The van der Waals surface area contributed by atoms with E-state index in [4.69, 9.17) is 17.3 Å². The lowest BCUT2D eigenvalue weighted by atomic mass is 9.96. The van der Waals surface area contributed by atoms with Crippen LogP contribution in [0.5, 0.6) is 0 Å². The summed E-state index contributed by atoms with van der Waals surface area (Å²) in [5, 5.41) is 0.0839. The number of nitrogens with zero attached hydrogens (tertiary/aromatic N) is 3. The highest BCUT2D eigenvalue weighted by molar-refractivity contribution is 6.30. The quantitative estimate of drug-likeness (QED) is 0.924. The lowest BCUT2D eigenvalue weighted by Gasteiger charge is -2.17. The molecule has 0 fully saturated rings. The van der Waals surface area contributed by atoms with Gasteiger partial charge in [-0.3, -0.25) is 0 Å². The van der Waals surface area contributed by atoms with Crippen LogP contribution >= 0.6 is 11.6 Å². The molecule has 0 aliphatic rings. The van der Waals surface area contributed by atoms with E-state index in [0.717, 1.165) is 0 Å². The second-order valence-corrected chi connectivity index (χ2v) is 5.98. The number of nitrogens with two attached hydrogens (primary N) is 1. The Kier molecular flexibility index (Phi) is 3.90. The van der Waals surface area contributed by atoms with Gasteiger partial charge >= 0.3 is 0 Å². The van der Waals surface area contributed by atoms with Gasteiger partial charge in [-0.05, 0) is 11.6 Å². The molecule has 2 N–H and O–H groups in total. The Hall–Kier alpha value is -1.75. The molecule has 0 bridgehead atoms. The van der Waals surface area contributed by atoms with Crippen molar-refractivity contribution < 1.29 is 4.39 Å². The molecular formula is C14H16ClFN4. The van der Waals surface area contributed by atoms with Gasteiger partial charge in [0.2, 0.25) is 5.95 Å². The first-order chi connectivity index (χ1) is 9.27. The third kappa shape index (κ3) is 3.22. The van der Waals surface area contributed by atoms with Gasteiger partial charge in [0, 0.05) is 11.8 Å². The summed E-state index contributed by atoms with van der Waals surface area (Å²) >= 11 is 5.76. The Bertz CT molecular complexity index is 638. The van der Waals surface area contributed by atoms with Crippen LogP contribution in [0.1, 0.15) is 38.0 Å². The van der Waals surface area contributed by atoms with Crippen molar-refractivity contribution in [1.29, 1.82) is 0 Å². The number of benzene rings is 1. The highest BCUT2D eigenvalue weighted by atomic mass is 35.5. The van der Waals surface area contributed by atoms with E-state index in [9.17, 15) is 4.39 Å². The van der Waals surface area contributed by atoms with Crippen molar-refractivity contribution in [3.05, 3.63) is 46.3 Å². The van der Waals surface area contributed by atoms with Gasteiger partial charge < -0.3 is 5.73 Å². The Morgan fingerprint density at radius 2 is 1.90 bits per heavy atom.